The van der Waals surface area contributed by atoms with Crippen LogP contribution in [0.25, 0.3) is 0 Å². The van der Waals surface area contributed by atoms with Gasteiger partial charge in [-0.15, -0.1) is 0 Å². The van der Waals surface area contributed by atoms with E-state index in [2.05, 4.69) is 4.98 Å². The Kier molecular flexibility index (Phi) is 6.93. The average molecular weight is 282 g/mol. The van der Waals surface area contributed by atoms with Crippen molar-refractivity contribution in [2.75, 3.05) is 19.8 Å². The van der Waals surface area contributed by atoms with Crippen LogP contribution in [0, 0.1) is 12.8 Å². The van der Waals surface area contributed by atoms with Crippen LogP contribution in [-0.4, -0.2) is 41.1 Å². The maximum Gasteiger partial charge on any atom is 0.313 e. The van der Waals surface area contributed by atoms with Crippen molar-refractivity contribution in [3.63, 3.8) is 0 Å². The molecule has 1 rings (SSSR count). The molecule has 0 saturated carbocycles. The molecule has 0 amide bonds. The van der Waals surface area contributed by atoms with Gasteiger partial charge in [-0.3, -0.25) is 9.59 Å². The predicted octanol–water partition coefficient (Wildman–Crippen LogP) is 1.37. The highest BCUT2D eigenvalue weighted by Gasteiger charge is 2.11. The van der Waals surface area contributed by atoms with E-state index in [4.69, 9.17) is 9.47 Å². The van der Waals surface area contributed by atoms with Gasteiger partial charge in [-0.2, -0.15) is 0 Å². The van der Waals surface area contributed by atoms with Gasteiger partial charge in [-0.1, -0.05) is 6.92 Å². The number of aryl methyl sites for hydroxylation is 1. The normalized spacial score (nSPS) is 12.2. The van der Waals surface area contributed by atoms with Gasteiger partial charge in [0.1, 0.15) is 18.9 Å². The molecule has 0 aliphatic rings. The first-order valence-electron chi connectivity index (χ1n) is 6.75. The van der Waals surface area contributed by atoms with Crippen molar-refractivity contribution in [2.45, 2.75) is 33.7 Å². The molecule has 6 nitrogen and oxygen atoms in total. The predicted molar refractivity (Wildman–Crippen MR) is 73.2 cm³/mol. The molecule has 6 heteroatoms. The molecule has 1 unspecified atom stereocenters. The highest BCUT2D eigenvalue weighted by Crippen LogP contribution is 2.04. The molecule has 0 fully saturated rings. The summed E-state index contributed by atoms with van der Waals surface area (Å²) >= 11 is 0. The molecule has 0 bridgehead atoms. The van der Waals surface area contributed by atoms with E-state index in [-0.39, 0.29) is 31.3 Å². The second kappa shape index (κ2) is 8.47. The fourth-order valence-electron chi connectivity index (χ4n) is 1.78. The minimum atomic E-state index is -0.497. The van der Waals surface area contributed by atoms with Crippen LogP contribution in [0.2, 0.25) is 0 Å². The Bertz CT molecular complexity index is 442. The third kappa shape index (κ3) is 5.97. The molecule has 0 aliphatic heterocycles. The highest BCUT2D eigenvalue weighted by molar-refractivity contribution is 5.96. The van der Waals surface area contributed by atoms with Crippen LogP contribution < -0.4 is 0 Å². The van der Waals surface area contributed by atoms with E-state index in [0.717, 1.165) is 12.4 Å². The number of imidazole rings is 1. The van der Waals surface area contributed by atoms with Gasteiger partial charge < -0.3 is 14.0 Å². The lowest BCUT2D eigenvalue weighted by Crippen LogP contribution is -2.19. The first-order chi connectivity index (χ1) is 9.52. The molecule has 0 spiro atoms. The number of hydrogen-bond acceptors (Lipinski definition) is 5. The van der Waals surface area contributed by atoms with E-state index in [1.165, 1.54) is 0 Å². The summed E-state index contributed by atoms with van der Waals surface area (Å²) in [4.78, 5) is 26.7. The van der Waals surface area contributed by atoms with Crippen molar-refractivity contribution in [2.24, 2.45) is 5.92 Å². The van der Waals surface area contributed by atoms with Crippen LogP contribution in [0.4, 0.5) is 0 Å². The molecule has 20 heavy (non-hydrogen) atoms. The first kappa shape index (κ1) is 16.4. The maximum absolute atomic E-state index is 11.4. The number of carbonyl (C=O) groups is 2. The van der Waals surface area contributed by atoms with E-state index in [0.29, 0.717) is 6.61 Å². The van der Waals surface area contributed by atoms with E-state index < -0.39 is 5.97 Å². The Balaban J connectivity index is 2.18. The van der Waals surface area contributed by atoms with Crippen molar-refractivity contribution >= 4 is 11.8 Å². The third-order valence-electron chi connectivity index (χ3n) is 2.74. The molecule has 1 heterocycles. The minimum absolute atomic E-state index is 0.0495. The largest absolute Gasteiger partial charge is 0.466 e. The summed E-state index contributed by atoms with van der Waals surface area (Å²) in [6, 6.07) is 0. The number of nitrogens with zero attached hydrogens (tertiary/aromatic N) is 2. The Morgan fingerprint density at radius 1 is 1.45 bits per heavy atom. The number of esters is 1. The number of aromatic nitrogens is 2. The Hall–Kier alpha value is -1.69. The van der Waals surface area contributed by atoms with Gasteiger partial charge in [0.2, 0.25) is 0 Å². The van der Waals surface area contributed by atoms with Crippen molar-refractivity contribution in [3.8, 4) is 0 Å². The van der Waals surface area contributed by atoms with Crippen LogP contribution in [0.5, 0.6) is 0 Å². The summed E-state index contributed by atoms with van der Waals surface area (Å²) in [6.07, 6.45) is 3.45. The number of carbonyl (C=O) groups excluding carboxylic acids is 2. The topological polar surface area (TPSA) is 70.4 Å². The molecule has 1 aromatic heterocycles. The molecular formula is C14H22N2O4. The monoisotopic (exact) mass is 282 g/mol. The van der Waals surface area contributed by atoms with Gasteiger partial charge in [0.15, 0.2) is 5.78 Å². The number of ether oxygens (including phenoxy) is 2. The van der Waals surface area contributed by atoms with Gasteiger partial charge >= 0.3 is 5.97 Å². The highest BCUT2D eigenvalue weighted by atomic mass is 16.5. The second-order valence-electron chi connectivity index (χ2n) is 4.77. The molecule has 1 atom stereocenters. The standard InChI is InChI=1S/C14H22N2O4/c1-4-20-14(18)7-13(17)10-19-9-11(2)8-16-6-5-15-12(16)3/h5-6,11H,4,7-10H2,1-3H3. The number of ketones is 1. The zero-order chi connectivity index (χ0) is 15.0. The third-order valence-corrected chi connectivity index (χ3v) is 2.74. The van der Waals surface area contributed by atoms with Crippen molar-refractivity contribution < 1.29 is 19.1 Å². The first-order valence-corrected chi connectivity index (χ1v) is 6.75. The summed E-state index contributed by atoms with van der Waals surface area (Å²) in [7, 11) is 0. The molecule has 112 valence electrons. The lowest BCUT2D eigenvalue weighted by atomic mass is 10.2. The molecule has 0 aliphatic carbocycles. The molecule has 0 radical (unpaired) electrons. The number of rotatable bonds is 9. The van der Waals surface area contributed by atoms with Crippen molar-refractivity contribution in [3.05, 3.63) is 18.2 Å². The molecular weight excluding hydrogens is 260 g/mol. The Labute approximate surface area is 119 Å². The van der Waals surface area contributed by atoms with Gasteiger partial charge in [0.05, 0.1) is 13.2 Å². The summed E-state index contributed by atoms with van der Waals surface area (Å²) in [6.45, 7) is 7.18. The fraction of sp³-hybridized carbons (Fsp3) is 0.643. The molecule has 0 saturated heterocycles. The average Bonchev–Trinajstić information content (AvgIpc) is 2.75. The minimum Gasteiger partial charge on any atom is -0.466 e. The summed E-state index contributed by atoms with van der Waals surface area (Å²) < 4.78 is 12.1. The smallest absolute Gasteiger partial charge is 0.313 e. The molecule has 0 aromatic carbocycles. The Morgan fingerprint density at radius 2 is 2.20 bits per heavy atom. The van der Waals surface area contributed by atoms with E-state index in [1.54, 1.807) is 13.1 Å². The van der Waals surface area contributed by atoms with Crippen LogP contribution in [-0.2, 0) is 25.6 Å². The zero-order valence-corrected chi connectivity index (χ0v) is 12.3. The summed E-state index contributed by atoms with van der Waals surface area (Å²) in [5.74, 6) is 0.464. The summed E-state index contributed by atoms with van der Waals surface area (Å²) in [5.41, 5.74) is 0. The van der Waals surface area contributed by atoms with Gasteiger partial charge in [-0.25, -0.2) is 4.98 Å². The maximum atomic E-state index is 11.4. The Morgan fingerprint density at radius 3 is 2.80 bits per heavy atom. The number of Topliss-reactive ketones (excluding diaryl/α,β-unsaturated/α-hetero) is 1. The second-order valence-corrected chi connectivity index (χ2v) is 4.77. The zero-order valence-electron chi connectivity index (χ0n) is 12.3. The van der Waals surface area contributed by atoms with Crippen LogP contribution in [0.15, 0.2) is 12.4 Å². The van der Waals surface area contributed by atoms with E-state index >= 15 is 0 Å². The quantitative estimate of drug-likeness (QED) is 0.505. The molecule has 0 N–H and O–H groups in total. The van der Waals surface area contributed by atoms with Crippen LogP contribution >= 0.6 is 0 Å². The van der Waals surface area contributed by atoms with Crippen LogP contribution in [0.1, 0.15) is 26.1 Å². The lowest BCUT2D eigenvalue weighted by Gasteiger charge is -2.13. The summed E-state index contributed by atoms with van der Waals surface area (Å²) in [5, 5.41) is 0. The van der Waals surface area contributed by atoms with Crippen molar-refractivity contribution in [1.82, 2.24) is 9.55 Å². The van der Waals surface area contributed by atoms with Crippen molar-refractivity contribution in [1.29, 1.82) is 0 Å². The fourth-order valence-corrected chi connectivity index (χ4v) is 1.78. The van der Waals surface area contributed by atoms with Crippen LogP contribution in [0.3, 0.4) is 0 Å². The SMILES string of the molecule is CCOC(=O)CC(=O)COCC(C)Cn1ccnc1C. The molecule has 1 aromatic rings. The van der Waals surface area contributed by atoms with Gasteiger partial charge in [0.25, 0.3) is 0 Å². The van der Waals surface area contributed by atoms with E-state index in [9.17, 15) is 9.59 Å². The number of hydrogen-bond donors (Lipinski definition) is 0. The van der Waals surface area contributed by atoms with Gasteiger partial charge in [0, 0.05) is 18.9 Å². The van der Waals surface area contributed by atoms with E-state index in [1.807, 2.05) is 24.6 Å². The van der Waals surface area contributed by atoms with Gasteiger partial charge in [-0.05, 0) is 19.8 Å². The lowest BCUT2D eigenvalue weighted by molar-refractivity contribution is -0.146.